The molecule has 1 aromatic carbocycles. The molecular formula is C14H15N5. The van der Waals surface area contributed by atoms with Crippen LogP contribution in [0.25, 0.3) is 11.3 Å². The molecule has 0 aliphatic carbocycles. The van der Waals surface area contributed by atoms with E-state index >= 15 is 0 Å². The first-order valence-electron chi connectivity index (χ1n) is 6.14. The van der Waals surface area contributed by atoms with Gasteiger partial charge < -0.3 is 10.3 Å². The third kappa shape index (κ3) is 2.49. The van der Waals surface area contributed by atoms with E-state index < -0.39 is 0 Å². The monoisotopic (exact) mass is 253 g/mol. The molecule has 96 valence electrons. The van der Waals surface area contributed by atoms with Gasteiger partial charge in [-0.05, 0) is 24.6 Å². The number of imidazole rings is 1. The molecule has 0 fully saturated rings. The Morgan fingerprint density at radius 3 is 2.63 bits per heavy atom. The Hall–Kier alpha value is -2.56. The van der Waals surface area contributed by atoms with E-state index in [1.165, 1.54) is 5.56 Å². The van der Waals surface area contributed by atoms with Gasteiger partial charge in [0.15, 0.2) is 0 Å². The molecule has 0 amide bonds. The van der Waals surface area contributed by atoms with Gasteiger partial charge in [-0.2, -0.15) is 5.10 Å². The van der Waals surface area contributed by atoms with E-state index in [9.17, 15) is 0 Å². The minimum atomic E-state index is 0.770. The van der Waals surface area contributed by atoms with Gasteiger partial charge in [-0.1, -0.05) is 12.1 Å². The Bertz CT molecular complexity index is 637. The predicted octanol–water partition coefficient (Wildman–Crippen LogP) is 2.72. The average Bonchev–Trinajstić information content (AvgIpc) is 3.09. The van der Waals surface area contributed by atoms with Crippen molar-refractivity contribution in [1.82, 2.24) is 20.2 Å². The molecule has 0 unspecified atom stereocenters. The van der Waals surface area contributed by atoms with Gasteiger partial charge in [0, 0.05) is 23.5 Å². The van der Waals surface area contributed by atoms with Gasteiger partial charge in [-0.15, -0.1) is 0 Å². The third-order valence-electron chi connectivity index (χ3n) is 3.11. The molecule has 2 heterocycles. The van der Waals surface area contributed by atoms with Crippen molar-refractivity contribution in [3.63, 3.8) is 0 Å². The number of H-pyrrole nitrogens is 2. The molecule has 0 saturated heterocycles. The molecule has 0 aliphatic heterocycles. The minimum Gasteiger partial charge on any atom is -0.381 e. The van der Waals surface area contributed by atoms with Crippen LogP contribution in [-0.2, 0) is 6.54 Å². The number of anilines is 1. The lowest BCUT2D eigenvalue weighted by atomic mass is 10.1. The first-order chi connectivity index (χ1) is 9.33. The number of nitrogens with zero attached hydrogens (tertiary/aromatic N) is 2. The third-order valence-corrected chi connectivity index (χ3v) is 3.11. The lowest BCUT2D eigenvalue weighted by molar-refractivity contribution is 1.04. The number of hydrogen-bond acceptors (Lipinski definition) is 3. The summed E-state index contributed by atoms with van der Waals surface area (Å²) in [5.41, 5.74) is 5.52. The van der Waals surface area contributed by atoms with Crippen LogP contribution in [-0.4, -0.2) is 20.2 Å². The van der Waals surface area contributed by atoms with E-state index in [0.717, 1.165) is 29.2 Å². The summed E-state index contributed by atoms with van der Waals surface area (Å²) in [5.74, 6) is 0. The van der Waals surface area contributed by atoms with E-state index in [1.54, 1.807) is 6.33 Å². The number of benzene rings is 1. The number of aryl methyl sites for hydroxylation is 1. The molecule has 2 aromatic heterocycles. The van der Waals surface area contributed by atoms with Crippen molar-refractivity contribution in [3.8, 4) is 11.3 Å². The standard InChI is InChI=1S/C14H15N5/c1-10-12(7-18-19-10)6-16-13-4-2-11(3-5-13)14-8-15-9-17-14/h2-5,7-9,16H,6H2,1H3,(H,15,17)(H,18,19). The smallest absolute Gasteiger partial charge is 0.0924 e. The molecule has 3 N–H and O–H groups in total. The Labute approximate surface area is 111 Å². The topological polar surface area (TPSA) is 69.4 Å². The molecule has 19 heavy (non-hydrogen) atoms. The maximum absolute atomic E-state index is 4.02. The van der Waals surface area contributed by atoms with Gasteiger partial charge in [0.2, 0.25) is 0 Å². The summed E-state index contributed by atoms with van der Waals surface area (Å²) in [6, 6.07) is 8.26. The van der Waals surface area contributed by atoms with Crippen molar-refractivity contribution in [2.24, 2.45) is 0 Å². The Morgan fingerprint density at radius 1 is 1.16 bits per heavy atom. The van der Waals surface area contributed by atoms with E-state index in [0.29, 0.717) is 0 Å². The Kier molecular flexibility index (Phi) is 3.02. The molecule has 0 atom stereocenters. The molecule has 5 heteroatoms. The van der Waals surface area contributed by atoms with Crippen LogP contribution in [0.5, 0.6) is 0 Å². The van der Waals surface area contributed by atoms with E-state index in [4.69, 9.17) is 0 Å². The molecule has 3 aromatic rings. The van der Waals surface area contributed by atoms with Crippen LogP contribution >= 0.6 is 0 Å². The maximum atomic E-state index is 4.02. The summed E-state index contributed by atoms with van der Waals surface area (Å²) in [5, 5.41) is 10.3. The van der Waals surface area contributed by atoms with Crippen molar-refractivity contribution < 1.29 is 0 Å². The number of hydrogen-bond donors (Lipinski definition) is 3. The van der Waals surface area contributed by atoms with E-state index in [-0.39, 0.29) is 0 Å². The van der Waals surface area contributed by atoms with Crippen molar-refractivity contribution in [3.05, 3.63) is 54.2 Å². The summed E-state index contributed by atoms with van der Waals surface area (Å²) in [7, 11) is 0. The zero-order valence-electron chi connectivity index (χ0n) is 10.6. The second kappa shape index (κ2) is 4.97. The van der Waals surface area contributed by atoms with Gasteiger partial charge in [0.1, 0.15) is 0 Å². The summed E-state index contributed by atoms with van der Waals surface area (Å²) in [6.45, 7) is 2.79. The highest BCUT2D eigenvalue weighted by Gasteiger charge is 2.01. The van der Waals surface area contributed by atoms with E-state index in [2.05, 4.69) is 49.7 Å². The zero-order valence-corrected chi connectivity index (χ0v) is 10.6. The van der Waals surface area contributed by atoms with E-state index in [1.807, 2.05) is 19.3 Å². The fourth-order valence-electron chi connectivity index (χ4n) is 1.93. The normalized spacial score (nSPS) is 10.6. The molecule has 5 nitrogen and oxygen atoms in total. The molecule has 0 saturated carbocycles. The molecule has 0 bridgehead atoms. The van der Waals surface area contributed by atoms with Crippen LogP contribution in [0.4, 0.5) is 5.69 Å². The fourth-order valence-corrected chi connectivity index (χ4v) is 1.93. The number of rotatable bonds is 4. The van der Waals surface area contributed by atoms with Crippen molar-refractivity contribution in [1.29, 1.82) is 0 Å². The van der Waals surface area contributed by atoms with Crippen LogP contribution in [0.3, 0.4) is 0 Å². The molecule has 0 radical (unpaired) electrons. The number of aromatic amines is 2. The fraction of sp³-hybridized carbons (Fsp3) is 0.143. The summed E-state index contributed by atoms with van der Waals surface area (Å²) >= 11 is 0. The highest BCUT2D eigenvalue weighted by atomic mass is 15.1. The lowest BCUT2D eigenvalue weighted by Crippen LogP contribution is -1.99. The van der Waals surface area contributed by atoms with Crippen LogP contribution < -0.4 is 5.32 Å². The first kappa shape index (κ1) is 11.5. The Morgan fingerprint density at radius 2 is 2.00 bits per heavy atom. The van der Waals surface area contributed by atoms with Crippen molar-refractivity contribution >= 4 is 5.69 Å². The van der Waals surface area contributed by atoms with Gasteiger partial charge in [0.05, 0.1) is 24.4 Å². The van der Waals surface area contributed by atoms with Crippen molar-refractivity contribution in [2.75, 3.05) is 5.32 Å². The molecule has 3 rings (SSSR count). The maximum Gasteiger partial charge on any atom is 0.0924 e. The van der Waals surface area contributed by atoms with Crippen LogP contribution in [0.1, 0.15) is 11.3 Å². The summed E-state index contributed by atoms with van der Waals surface area (Å²) in [6.07, 6.45) is 5.35. The quantitative estimate of drug-likeness (QED) is 0.669. The van der Waals surface area contributed by atoms with Crippen LogP contribution in [0, 0.1) is 6.92 Å². The average molecular weight is 253 g/mol. The minimum absolute atomic E-state index is 0.770. The number of aromatic nitrogens is 4. The van der Waals surface area contributed by atoms with Gasteiger partial charge in [-0.25, -0.2) is 4.98 Å². The lowest BCUT2D eigenvalue weighted by Gasteiger charge is -2.06. The van der Waals surface area contributed by atoms with Gasteiger partial charge in [-0.3, -0.25) is 5.10 Å². The van der Waals surface area contributed by atoms with Crippen LogP contribution in [0.2, 0.25) is 0 Å². The summed E-state index contributed by atoms with van der Waals surface area (Å²) in [4.78, 5) is 7.11. The largest absolute Gasteiger partial charge is 0.381 e. The second-order valence-corrected chi connectivity index (χ2v) is 4.42. The van der Waals surface area contributed by atoms with Gasteiger partial charge in [0.25, 0.3) is 0 Å². The zero-order chi connectivity index (χ0) is 13.1. The second-order valence-electron chi connectivity index (χ2n) is 4.42. The Balaban J connectivity index is 1.68. The predicted molar refractivity (Wildman–Crippen MR) is 74.7 cm³/mol. The highest BCUT2D eigenvalue weighted by molar-refractivity contribution is 5.61. The summed E-state index contributed by atoms with van der Waals surface area (Å²) < 4.78 is 0. The first-order valence-corrected chi connectivity index (χ1v) is 6.14. The van der Waals surface area contributed by atoms with Crippen molar-refractivity contribution in [2.45, 2.75) is 13.5 Å². The van der Waals surface area contributed by atoms with Crippen LogP contribution in [0.15, 0.2) is 43.0 Å². The number of nitrogens with one attached hydrogen (secondary N) is 3. The molecule has 0 spiro atoms. The SMILES string of the molecule is Cc1[nH]ncc1CNc1ccc(-c2cnc[nH]2)cc1. The molecular weight excluding hydrogens is 238 g/mol. The molecule has 0 aliphatic rings. The highest BCUT2D eigenvalue weighted by Crippen LogP contribution is 2.19. The van der Waals surface area contributed by atoms with Gasteiger partial charge >= 0.3 is 0 Å².